The van der Waals surface area contributed by atoms with Crippen molar-refractivity contribution in [2.75, 3.05) is 0 Å². The molecule has 0 radical (unpaired) electrons. The molecule has 0 bridgehead atoms. The van der Waals surface area contributed by atoms with Gasteiger partial charge in [-0.05, 0) is 0 Å². The Morgan fingerprint density at radius 3 is 1.79 bits per heavy atom. The van der Waals surface area contributed by atoms with Crippen molar-refractivity contribution in [1.82, 2.24) is 0 Å². The molecule has 9 nitrogen and oxygen atoms in total. The molecular formula is C4H8KN3O6. The van der Waals surface area contributed by atoms with E-state index in [4.69, 9.17) is 26.2 Å². The maximum atomic E-state index is 9.99. The summed E-state index contributed by atoms with van der Waals surface area (Å²) in [6.07, 6.45) is -0.310. The molecular weight excluding hydrogens is 225 g/mol. The van der Waals surface area contributed by atoms with E-state index in [1.165, 1.54) is 0 Å². The van der Waals surface area contributed by atoms with E-state index in [2.05, 4.69) is 5.73 Å². The van der Waals surface area contributed by atoms with Crippen LogP contribution in [0.5, 0.6) is 0 Å². The summed E-state index contributed by atoms with van der Waals surface area (Å²) < 4.78 is 0. The van der Waals surface area contributed by atoms with Crippen LogP contribution in [0.4, 0.5) is 0 Å². The van der Waals surface area contributed by atoms with E-state index in [1.54, 1.807) is 0 Å². The van der Waals surface area contributed by atoms with Gasteiger partial charge in [0.15, 0.2) is 0 Å². The van der Waals surface area contributed by atoms with Crippen molar-refractivity contribution in [3.63, 3.8) is 0 Å². The van der Waals surface area contributed by atoms with Gasteiger partial charge in [0, 0.05) is 0 Å². The smallest absolute Gasteiger partial charge is 0.480 e. The third-order valence-electron chi connectivity index (χ3n) is 0.738. The average Bonchev–Trinajstić information content (AvgIpc) is 1.83. The van der Waals surface area contributed by atoms with E-state index in [0.717, 1.165) is 0 Å². The minimum atomic E-state index is -1.75. The molecule has 0 heterocycles. The first-order valence-corrected chi connectivity index (χ1v) is 2.85. The predicted molar refractivity (Wildman–Crippen MR) is 39.8 cm³/mol. The number of carboxylic acids is 1. The number of nitrogens with two attached hydrogens (primary N) is 2. The Labute approximate surface area is 121 Å². The van der Waals surface area contributed by atoms with Gasteiger partial charge in [0.05, 0.1) is 11.5 Å². The van der Waals surface area contributed by atoms with Gasteiger partial charge in [0.25, 0.3) is 0 Å². The van der Waals surface area contributed by atoms with E-state index in [0.29, 0.717) is 0 Å². The summed E-state index contributed by atoms with van der Waals surface area (Å²) in [5.74, 6) is -1.92. The molecule has 0 rings (SSSR count). The van der Waals surface area contributed by atoms with Crippen molar-refractivity contribution in [2.45, 2.75) is 12.5 Å². The number of primary amides is 1. The first kappa shape index (κ1) is 19.3. The van der Waals surface area contributed by atoms with E-state index in [-0.39, 0.29) is 57.8 Å². The SMILES string of the molecule is NC(=O)CC(N)C(=O)O.O=[N+]([O-])[O-].[K+]. The minimum Gasteiger partial charge on any atom is -0.480 e. The van der Waals surface area contributed by atoms with Gasteiger partial charge in [-0.1, -0.05) is 0 Å². The predicted octanol–water partition coefficient (Wildman–Crippen LogP) is -4.96. The van der Waals surface area contributed by atoms with Crippen LogP contribution in [0.1, 0.15) is 6.42 Å². The maximum absolute atomic E-state index is 9.99. The Kier molecular flexibility index (Phi) is 14.9. The summed E-state index contributed by atoms with van der Waals surface area (Å²) in [4.78, 5) is 28.1. The third kappa shape index (κ3) is 22.6. The quantitative estimate of drug-likeness (QED) is 0.248. The molecule has 0 aliphatic heterocycles. The molecule has 5 N–H and O–H groups in total. The number of carbonyl (C=O) groups is 2. The number of hydrogen-bond acceptors (Lipinski definition) is 6. The molecule has 0 aromatic rings. The molecule has 0 fully saturated rings. The van der Waals surface area contributed by atoms with Crippen LogP contribution >= 0.6 is 0 Å². The number of amides is 1. The van der Waals surface area contributed by atoms with Crippen LogP contribution in [0.2, 0.25) is 0 Å². The molecule has 76 valence electrons. The summed E-state index contributed by atoms with van der Waals surface area (Å²) in [7, 11) is 0. The number of aliphatic carboxylic acids is 1. The molecule has 14 heavy (non-hydrogen) atoms. The Hall–Kier alpha value is -0.264. The zero-order valence-electron chi connectivity index (χ0n) is 7.37. The molecule has 0 saturated heterocycles. The first-order valence-electron chi connectivity index (χ1n) is 2.85. The molecule has 0 aromatic heterocycles. The van der Waals surface area contributed by atoms with Crippen molar-refractivity contribution in [1.29, 1.82) is 0 Å². The largest absolute Gasteiger partial charge is 1.00 e. The van der Waals surface area contributed by atoms with Crippen molar-refractivity contribution in [3.05, 3.63) is 15.3 Å². The van der Waals surface area contributed by atoms with Crippen molar-refractivity contribution >= 4 is 11.9 Å². The first-order chi connectivity index (χ1) is 5.77. The van der Waals surface area contributed by atoms with E-state index >= 15 is 0 Å². The molecule has 1 unspecified atom stereocenters. The maximum Gasteiger partial charge on any atom is 1.00 e. The van der Waals surface area contributed by atoms with Crippen molar-refractivity contribution in [2.24, 2.45) is 11.5 Å². The van der Waals surface area contributed by atoms with E-state index in [9.17, 15) is 9.59 Å². The van der Waals surface area contributed by atoms with Crippen LogP contribution in [0.3, 0.4) is 0 Å². The number of hydrogen-bond donors (Lipinski definition) is 3. The minimum absolute atomic E-state index is 0. The zero-order valence-corrected chi connectivity index (χ0v) is 10.5. The van der Waals surface area contributed by atoms with Gasteiger partial charge in [-0.25, -0.2) is 0 Å². The average molecular weight is 233 g/mol. The fourth-order valence-corrected chi connectivity index (χ4v) is 0.304. The fourth-order valence-electron chi connectivity index (χ4n) is 0.304. The Balaban J connectivity index is -0.000000209. The summed E-state index contributed by atoms with van der Waals surface area (Å²) in [5.41, 5.74) is 9.57. The molecule has 0 aliphatic carbocycles. The topological polar surface area (TPSA) is 173 Å². The Bertz CT molecular complexity index is 205. The molecule has 1 amide bonds. The molecule has 0 spiro atoms. The molecule has 0 aromatic carbocycles. The van der Waals surface area contributed by atoms with Crippen LogP contribution < -0.4 is 62.9 Å². The summed E-state index contributed by atoms with van der Waals surface area (Å²) in [6.45, 7) is 0. The fraction of sp³-hybridized carbons (Fsp3) is 0.500. The summed E-state index contributed by atoms with van der Waals surface area (Å²) >= 11 is 0. The molecule has 1 atom stereocenters. The number of carboxylic acid groups (broad SMARTS) is 1. The molecule has 0 aliphatic rings. The van der Waals surface area contributed by atoms with Gasteiger partial charge < -0.3 is 31.9 Å². The summed E-state index contributed by atoms with van der Waals surface area (Å²) in [5, 5.41) is 22.8. The molecule has 0 saturated carbocycles. The Morgan fingerprint density at radius 1 is 1.43 bits per heavy atom. The van der Waals surface area contributed by atoms with E-state index < -0.39 is 23.0 Å². The number of carbonyl (C=O) groups excluding carboxylic acids is 1. The van der Waals surface area contributed by atoms with Crippen LogP contribution in [0.15, 0.2) is 0 Å². The van der Waals surface area contributed by atoms with Gasteiger partial charge in [-0.2, -0.15) is 0 Å². The second kappa shape index (κ2) is 10.8. The Morgan fingerprint density at radius 2 is 1.71 bits per heavy atom. The van der Waals surface area contributed by atoms with Gasteiger partial charge in [0.1, 0.15) is 6.04 Å². The van der Waals surface area contributed by atoms with Crippen LogP contribution in [0.25, 0.3) is 0 Å². The van der Waals surface area contributed by atoms with Gasteiger partial charge >= 0.3 is 57.4 Å². The van der Waals surface area contributed by atoms with Gasteiger partial charge in [0.2, 0.25) is 5.91 Å². The van der Waals surface area contributed by atoms with E-state index in [1.807, 2.05) is 0 Å². The van der Waals surface area contributed by atoms with Crippen molar-refractivity contribution < 1.29 is 71.2 Å². The van der Waals surface area contributed by atoms with Crippen molar-refractivity contribution in [3.8, 4) is 0 Å². The molecule has 10 heteroatoms. The van der Waals surface area contributed by atoms with Crippen LogP contribution in [-0.2, 0) is 9.59 Å². The summed E-state index contributed by atoms with van der Waals surface area (Å²) in [6, 6.07) is -1.16. The zero-order chi connectivity index (χ0) is 11.0. The second-order valence-corrected chi connectivity index (χ2v) is 1.84. The normalized spacial score (nSPS) is 9.79. The van der Waals surface area contributed by atoms with Gasteiger partial charge in [-0.15, -0.1) is 0 Å². The second-order valence-electron chi connectivity index (χ2n) is 1.84. The number of rotatable bonds is 3. The number of nitrogens with zero attached hydrogens (tertiary/aromatic N) is 1. The standard InChI is InChI=1S/C4H8N2O3.K.NO3/c5-2(4(8)9)1-3(6)7;;2-1(3)4/h2H,1,5H2,(H2,6,7)(H,8,9);;/q;+1;-1. The third-order valence-corrected chi connectivity index (χ3v) is 0.738. The van der Waals surface area contributed by atoms with Crippen LogP contribution in [-0.4, -0.2) is 28.1 Å². The van der Waals surface area contributed by atoms with Crippen LogP contribution in [0, 0.1) is 15.3 Å². The monoisotopic (exact) mass is 233 g/mol. The van der Waals surface area contributed by atoms with Gasteiger partial charge in [-0.3, -0.25) is 9.59 Å².